The Labute approximate surface area is 148 Å². The van der Waals surface area contributed by atoms with Crippen LogP contribution in [-0.2, 0) is 9.53 Å². The van der Waals surface area contributed by atoms with Crippen LogP contribution in [0, 0.1) is 17.1 Å². The number of rotatable bonds is 3. The second-order valence-electron chi connectivity index (χ2n) is 5.37. The highest BCUT2D eigenvalue weighted by Crippen LogP contribution is 2.45. The number of hydrogen-bond acceptors (Lipinski definition) is 7. The second kappa shape index (κ2) is 6.61. The topological polar surface area (TPSA) is 91.7 Å². The van der Waals surface area contributed by atoms with Crippen molar-refractivity contribution in [3.8, 4) is 6.07 Å². The molecule has 3 rings (SSSR count). The molecule has 0 aromatic heterocycles. The maximum atomic E-state index is 13.3. The molecule has 0 spiro atoms. The molecule has 2 aliphatic rings. The first-order chi connectivity index (χ1) is 12.0. The van der Waals surface area contributed by atoms with Crippen molar-refractivity contribution in [2.45, 2.75) is 19.9 Å². The van der Waals surface area contributed by atoms with Crippen molar-refractivity contribution in [1.82, 2.24) is 4.90 Å². The van der Waals surface area contributed by atoms with Crippen molar-refractivity contribution < 1.29 is 13.9 Å². The Morgan fingerprint density at radius 3 is 2.76 bits per heavy atom. The van der Waals surface area contributed by atoms with Crippen molar-refractivity contribution in [2.24, 2.45) is 10.7 Å². The molecule has 8 heteroatoms. The number of halogens is 1. The molecule has 128 valence electrons. The molecule has 1 atom stereocenters. The number of carbonyl (C=O) groups excluding carboxylic acids is 1. The average molecular weight is 358 g/mol. The molecule has 0 amide bonds. The normalized spacial score (nSPS) is 19.5. The van der Waals surface area contributed by atoms with Gasteiger partial charge in [0.05, 0.1) is 23.9 Å². The van der Waals surface area contributed by atoms with Crippen molar-refractivity contribution >= 4 is 22.9 Å². The lowest BCUT2D eigenvalue weighted by Crippen LogP contribution is -2.38. The Bertz CT molecular complexity index is 868. The molecular formula is C17H15FN4O2S. The van der Waals surface area contributed by atoms with Crippen LogP contribution in [0.3, 0.4) is 0 Å². The van der Waals surface area contributed by atoms with E-state index in [4.69, 9.17) is 10.5 Å². The van der Waals surface area contributed by atoms with Crippen LogP contribution in [0.1, 0.15) is 25.5 Å². The zero-order chi connectivity index (χ0) is 18.1. The molecule has 0 radical (unpaired) electrons. The Morgan fingerprint density at radius 2 is 2.16 bits per heavy atom. The van der Waals surface area contributed by atoms with Crippen LogP contribution in [0.15, 0.2) is 51.3 Å². The maximum Gasteiger partial charge on any atom is 0.338 e. The van der Waals surface area contributed by atoms with Gasteiger partial charge >= 0.3 is 5.97 Å². The largest absolute Gasteiger partial charge is 0.463 e. The summed E-state index contributed by atoms with van der Waals surface area (Å²) in [5, 5.41) is 9.76. The van der Waals surface area contributed by atoms with Gasteiger partial charge in [-0.05, 0) is 43.3 Å². The van der Waals surface area contributed by atoms with E-state index in [9.17, 15) is 14.4 Å². The van der Waals surface area contributed by atoms with E-state index in [-0.39, 0.29) is 18.2 Å². The summed E-state index contributed by atoms with van der Waals surface area (Å²) in [6.07, 6.45) is 0. The number of nitrogens with two attached hydrogens (primary N) is 1. The van der Waals surface area contributed by atoms with Crippen molar-refractivity contribution in [2.75, 3.05) is 6.61 Å². The number of allylic oxidation sites excluding steroid dienone is 2. The molecule has 25 heavy (non-hydrogen) atoms. The number of fused-ring (bicyclic) bond motifs is 1. The van der Waals surface area contributed by atoms with Crippen LogP contribution in [-0.4, -0.2) is 22.6 Å². The van der Waals surface area contributed by atoms with E-state index >= 15 is 0 Å². The van der Waals surface area contributed by atoms with Gasteiger partial charge in [0.15, 0.2) is 5.17 Å². The Hall–Kier alpha value is -2.79. The highest BCUT2D eigenvalue weighted by Gasteiger charge is 2.42. The number of nitrogens with zero attached hydrogens (tertiary/aromatic N) is 3. The van der Waals surface area contributed by atoms with Crippen LogP contribution >= 0.6 is 11.8 Å². The molecule has 6 nitrogen and oxygen atoms in total. The van der Waals surface area contributed by atoms with E-state index in [1.807, 2.05) is 6.07 Å². The van der Waals surface area contributed by atoms with E-state index in [1.165, 1.54) is 12.1 Å². The van der Waals surface area contributed by atoms with E-state index in [0.29, 0.717) is 26.9 Å². The smallest absolute Gasteiger partial charge is 0.338 e. The number of carbonyl (C=O) groups is 1. The van der Waals surface area contributed by atoms with Gasteiger partial charge in [-0.15, -0.1) is 0 Å². The Balaban J connectivity index is 2.18. The lowest BCUT2D eigenvalue weighted by atomic mass is 9.94. The third-order valence-corrected chi connectivity index (χ3v) is 4.83. The summed E-state index contributed by atoms with van der Waals surface area (Å²) in [7, 11) is 0. The summed E-state index contributed by atoms with van der Waals surface area (Å²) in [5.74, 6) is -0.681. The summed E-state index contributed by atoms with van der Waals surface area (Å²) in [5.41, 5.74) is 7.57. The lowest BCUT2D eigenvalue weighted by molar-refractivity contribution is -0.139. The SMILES string of the molecule is CCOC(=O)C1=C(C)N=C2SC(C#N)=C(N)N2C1c1ccc(F)cc1. The van der Waals surface area contributed by atoms with Crippen LogP contribution in [0.25, 0.3) is 0 Å². The minimum atomic E-state index is -0.634. The number of ether oxygens (including phenoxy) is 1. The predicted molar refractivity (Wildman–Crippen MR) is 92.2 cm³/mol. The second-order valence-corrected chi connectivity index (χ2v) is 6.34. The monoisotopic (exact) mass is 358 g/mol. The van der Waals surface area contributed by atoms with Gasteiger partial charge in [0.2, 0.25) is 0 Å². The number of aliphatic imine (C=N–C) groups is 1. The molecule has 0 saturated carbocycles. The first-order valence-electron chi connectivity index (χ1n) is 7.56. The summed E-state index contributed by atoms with van der Waals surface area (Å²) in [4.78, 5) is 18.9. The van der Waals surface area contributed by atoms with Crippen molar-refractivity contribution in [1.29, 1.82) is 5.26 Å². The third kappa shape index (κ3) is 2.87. The molecule has 2 N–H and O–H groups in total. The molecule has 2 heterocycles. The number of hydrogen-bond donors (Lipinski definition) is 1. The molecular weight excluding hydrogens is 343 g/mol. The molecule has 0 saturated heterocycles. The first-order valence-corrected chi connectivity index (χ1v) is 8.38. The van der Waals surface area contributed by atoms with E-state index in [1.54, 1.807) is 30.9 Å². The van der Waals surface area contributed by atoms with Gasteiger partial charge < -0.3 is 10.5 Å². The molecule has 0 aliphatic carbocycles. The van der Waals surface area contributed by atoms with Crippen LogP contribution in [0.4, 0.5) is 4.39 Å². The predicted octanol–water partition coefficient (Wildman–Crippen LogP) is 2.77. The van der Waals surface area contributed by atoms with Gasteiger partial charge in [0.25, 0.3) is 0 Å². The van der Waals surface area contributed by atoms with Crippen LogP contribution < -0.4 is 5.73 Å². The standard InChI is InChI=1S/C17H15FN4O2S/c1-3-24-16(23)13-9(2)21-17-22(15(20)12(8-19)25-17)14(13)10-4-6-11(18)7-5-10/h4-7,14H,3,20H2,1-2H3. The van der Waals surface area contributed by atoms with Gasteiger partial charge in [0.1, 0.15) is 22.6 Å². The van der Waals surface area contributed by atoms with Gasteiger partial charge in [-0.3, -0.25) is 4.90 Å². The summed E-state index contributed by atoms with van der Waals surface area (Å²) in [6.45, 7) is 3.63. The molecule has 1 aromatic rings. The average Bonchev–Trinajstić information content (AvgIpc) is 2.90. The fraction of sp³-hybridized carbons (Fsp3) is 0.235. The van der Waals surface area contributed by atoms with Crippen molar-refractivity contribution in [3.05, 3.63) is 57.6 Å². The number of benzene rings is 1. The van der Waals surface area contributed by atoms with Gasteiger partial charge in [-0.2, -0.15) is 5.26 Å². The zero-order valence-electron chi connectivity index (χ0n) is 13.6. The van der Waals surface area contributed by atoms with E-state index in [2.05, 4.69) is 4.99 Å². The molecule has 1 aromatic carbocycles. The minimum absolute atomic E-state index is 0.214. The number of thioether (sulfide) groups is 1. The number of esters is 1. The van der Waals surface area contributed by atoms with Gasteiger partial charge in [-0.1, -0.05) is 12.1 Å². The van der Waals surface area contributed by atoms with Gasteiger partial charge in [-0.25, -0.2) is 14.2 Å². The molecule has 0 fully saturated rings. The number of nitriles is 1. The Morgan fingerprint density at radius 1 is 1.48 bits per heavy atom. The first kappa shape index (κ1) is 17.0. The van der Waals surface area contributed by atoms with Crippen LogP contribution in [0.2, 0.25) is 0 Å². The Kier molecular flexibility index (Phi) is 4.51. The summed E-state index contributed by atoms with van der Waals surface area (Å²) >= 11 is 1.14. The highest BCUT2D eigenvalue weighted by molar-refractivity contribution is 8.17. The zero-order valence-corrected chi connectivity index (χ0v) is 14.4. The summed E-state index contributed by atoms with van der Waals surface area (Å²) in [6, 6.07) is 7.19. The van der Waals surface area contributed by atoms with Crippen LogP contribution in [0.5, 0.6) is 0 Å². The minimum Gasteiger partial charge on any atom is -0.463 e. The maximum absolute atomic E-state index is 13.3. The van der Waals surface area contributed by atoms with Crippen molar-refractivity contribution in [3.63, 3.8) is 0 Å². The fourth-order valence-corrected chi connectivity index (χ4v) is 3.69. The highest BCUT2D eigenvalue weighted by atomic mass is 32.2. The molecule has 1 unspecified atom stereocenters. The lowest BCUT2D eigenvalue weighted by Gasteiger charge is -2.34. The molecule has 2 aliphatic heterocycles. The third-order valence-electron chi connectivity index (χ3n) is 3.86. The van der Waals surface area contributed by atoms with E-state index in [0.717, 1.165) is 11.8 Å². The summed E-state index contributed by atoms with van der Waals surface area (Å²) < 4.78 is 18.5. The number of amidine groups is 1. The van der Waals surface area contributed by atoms with E-state index < -0.39 is 12.0 Å². The molecule has 0 bridgehead atoms. The van der Waals surface area contributed by atoms with Gasteiger partial charge in [0, 0.05) is 0 Å². The fourth-order valence-electron chi connectivity index (χ4n) is 2.77. The quantitative estimate of drug-likeness (QED) is 0.836.